The molecule has 0 aromatic heterocycles. The normalized spacial score (nSPS) is 17.9. The van der Waals surface area contributed by atoms with E-state index >= 15 is 0 Å². The van der Waals surface area contributed by atoms with Gasteiger partial charge in [0.15, 0.2) is 6.29 Å². The molecule has 2 N–H and O–H groups in total. The smallest absolute Gasteiger partial charge is 0.407 e. The van der Waals surface area contributed by atoms with Crippen LogP contribution in [0.25, 0.3) is 11.1 Å². The van der Waals surface area contributed by atoms with E-state index in [0.29, 0.717) is 13.0 Å². The second kappa shape index (κ2) is 15.6. The summed E-state index contributed by atoms with van der Waals surface area (Å²) in [6.45, 7) is 4.07. The van der Waals surface area contributed by atoms with Crippen LogP contribution in [0.15, 0.2) is 115 Å². The lowest BCUT2D eigenvalue weighted by Gasteiger charge is -2.36. The van der Waals surface area contributed by atoms with Crippen LogP contribution in [0.2, 0.25) is 0 Å². The van der Waals surface area contributed by atoms with Gasteiger partial charge in [-0.1, -0.05) is 85.5 Å². The van der Waals surface area contributed by atoms with Gasteiger partial charge in [-0.15, -0.1) is 11.8 Å². The third kappa shape index (κ3) is 8.30. The molecule has 1 amide bonds. The number of thioether (sulfide) groups is 1. The summed E-state index contributed by atoms with van der Waals surface area (Å²) >= 11 is 1.71. The van der Waals surface area contributed by atoms with Crippen molar-refractivity contribution in [2.45, 2.75) is 43.0 Å². The number of carbonyl (C=O) groups is 1. The first-order chi connectivity index (χ1) is 21.6. The number of para-hydroxylation sites is 1. The molecule has 228 valence electrons. The molecule has 1 aliphatic heterocycles. The van der Waals surface area contributed by atoms with Gasteiger partial charge in [0, 0.05) is 29.2 Å². The van der Waals surface area contributed by atoms with Crippen LogP contribution in [-0.2, 0) is 27.4 Å². The van der Waals surface area contributed by atoms with Crippen LogP contribution in [0.5, 0.6) is 5.75 Å². The molecule has 1 fully saturated rings. The zero-order valence-electron chi connectivity index (χ0n) is 24.7. The van der Waals surface area contributed by atoms with E-state index in [2.05, 4.69) is 30.1 Å². The molecule has 0 bridgehead atoms. The largest absolute Gasteiger partial charge is 0.496 e. The summed E-state index contributed by atoms with van der Waals surface area (Å²) in [6.07, 6.45) is 0.917. The highest BCUT2D eigenvalue weighted by molar-refractivity contribution is 7.99. The van der Waals surface area contributed by atoms with Gasteiger partial charge in [-0.05, 0) is 52.1 Å². The molecule has 0 spiro atoms. The molecule has 7 nitrogen and oxygen atoms in total. The van der Waals surface area contributed by atoms with Crippen molar-refractivity contribution in [2.24, 2.45) is 0 Å². The van der Waals surface area contributed by atoms with Crippen molar-refractivity contribution in [1.82, 2.24) is 5.32 Å². The van der Waals surface area contributed by atoms with E-state index in [9.17, 15) is 9.90 Å². The maximum Gasteiger partial charge on any atom is 0.407 e. The minimum Gasteiger partial charge on any atom is -0.496 e. The van der Waals surface area contributed by atoms with Crippen LogP contribution < -0.4 is 10.1 Å². The molecule has 3 atom stereocenters. The van der Waals surface area contributed by atoms with E-state index < -0.39 is 12.4 Å². The summed E-state index contributed by atoms with van der Waals surface area (Å²) in [5.74, 6) is 1.58. The quantitative estimate of drug-likeness (QED) is 0.126. The zero-order valence-corrected chi connectivity index (χ0v) is 25.5. The Labute approximate surface area is 262 Å². The molecule has 0 radical (unpaired) electrons. The molecule has 1 aliphatic rings. The number of hydrogen-bond acceptors (Lipinski definition) is 7. The van der Waals surface area contributed by atoms with Crippen molar-refractivity contribution in [3.05, 3.63) is 132 Å². The average molecular weight is 612 g/mol. The molecule has 5 rings (SSSR count). The van der Waals surface area contributed by atoms with Gasteiger partial charge in [-0.3, -0.25) is 0 Å². The van der Waals surface area contributed by atoms with Crippen LogP contribution in [0.3, 0.4) is 0 Å². The predicted molar refractivity (Wildman–Crippen MR) is 172 cm³/mol. The molecule has 44 heavy (non-hydrogen) atoms. The van der Waals surface area contributed by atoms with Crippen molar-refractivity contribution < 1.29 is 28.8 Å². The first-order valence-electron chi connectivity index (χ1n) is 14.5. The molecule has 1 heterocycles. The number of carbonyl (C=O) groups excluding carboxylic acids is 1. The maximum absolute atomic E-state index is 11.9. The SMILES string of the molecule is C=CCOC(=O)NCc1cccc(-c2cccc([C@H]3O[C@@H](CSc4ccccc4OC)C[C@@H](c4ccc(CO)cc4)O3)c2)c1. The second-order valence-corrected chi connectivity index (χ2v) is 11.4. The number of alkyl carbamates (subject to hydrolysis) is 1. The van der Waals surface area contributed by atoms with Gasteiger partial charge in [0.1, 0.15) is 12.4 Å². The van der Waals surface area contributed by atoms with E-state index in [-0.39, 0.29) is 25.4 Å². The first kappa shape index (κ1) is 31.3. The Balaban J connectivity index is 1.35. The fourth-order valence-corrected chi connectivity index (χ4v) is 6.08. The van der Waals surface area contributed by atoms with Crippen molar-refractivity contribution >= 4 is 17.9 Å². The molecular formula is C36H37NO6S. The van der Waals surface area contributed by atoms with Crippen LogP contribution in [0.4, 0.5) is 4.79 Å². The number of aliphatic hydroxyl groups excluding tert-OH is 1. The lowest BCUT2D eigenvalue weighted by molar-refractivity contribution is -0.245. The second-order valence-electron chi connectivity index (χ2n) is 10.4. The molecule has 8 heteroatoms. The summed E-state index contributed by atoms with van der Waals surface area (Å²) in [5, 5.41) is 12.3. The molecule has 0 saturated carbocycles. The van der Waals surface area contributed by atoms with E-state index in [1.807, 2.05) is 78.9 Å². The predicted octanol–water partition coefficient (Wildman–Crippen LogP) is 7.60. The van der Waals surface area contributed by atoms with Gasteiger partial charge in [0.25, 0.3) is 0 Å². The Morgan fingerprint density at radius 2 is 1.73 bits per heavy atom. The summed E-state index contributed by atoms with van der Waals surface area (Å²) in [7, 11) is 1.68. The van der Waals surface area contributed by atoms with E-state index in [4.69, 9.17) is 18.9 Å². The van der Waals surface area contributed by atoms with Crippen molar-refractivity contribution in [3.63, 3.8) is 0 Å². The van der Waals surface area contributed by atoms with Crippen LogP contribution in [0, 0.1) is 0 Å². The Kier molecular flexibility index (Phi) is 11.1. The van der Waals surface area contributed by atoms with Crippen LogP contribution in [-0.4, -0.2) is 36.8 Å². The number of ether oxygens (including phenoxy) is 4. The van der Waals surface area contributed by atoms with Crippen molar-refractivity contribution in [3.8, 4) is 16.9 Å². The Bertz CT molecular complexity index is 1540. The molecule has 4 aromatic rings. The third-order valence-corrected chi connectivity index (χ3v) is 8.48. The highest BCUT2D eigenvalue weighted by Crippen LogP contribution is 2.41. The van der Waals surface area contributed by atoms with E-state index in [1.54, 1.807) is 18.9 Å². The summed E-state index contributed by atoms with van der Waals surface area (Å²) in [6, 6.07) is 32.1. The maximum atomic E-state index is 11.9. The monoisotopic (exact) mass is 611 g/mol. The molecule has 4 aromatic carbocycles. The summed E-state index contributed by atoms with van der Waals surface area (Å²) < 4.78 is 23.7. The van der Waals surface area contributed by atoms with Crippen molar-refractivity contribution in [1.29, 1.82) is 0 Å². The minimum atomic E-state index is -0.570. The summed E-state index contributed by atoms with van der Waals surface area (Å²) in [5.41, 5.74) is 5.81. The lowest BCUT2D eigenvalue weighted by Crippen LogP contribution is -2.31. The first-order valence-corrected chi connectivity index (χ1v) is 15.5. The van der Waals surface area contributed by atoms with Gasteiger partial charge in [0.05, 0.1) is 25.9 Å². The standard InChI is InChI=1S/C36H37NO6S/c1-3-18-41-36(39)37-22-26-8-6-9-28(19-26)29-10-7-11-30(20-29)35-42-31(24-44-34-13-5-4-12-32(34)40-2)21-33(43-35)27-16-14-25(23-38)15-17-27/h3-17,19-20,31,33,35,38H,1,18,21-24H2,2H3,(H,37,39)/t31-,33+,35+/m1/s1. The zero-order chi connectivity index (χ0) is 30.7. The van der Waals surface area contributed by atoms with E-state index in [0.717, 1.165) is 49.8 Å². The molecule has 0 unspecified atom stereocenters. The van der Waals surface area contributed by atoms with Gasteiger partial charge in [-0.25, -0.2) is 4.79 Å². The molecule has 0 aliphatic carbocycles. The van der Waals surface area contributed by atoms with Gasteiger partial charge in [0.2, 0.25) is 0 Å². The lowest BCUT2D eigenvalue weighted by atomic mass is 9.99. The Morgan fingerprint density at radius 3 is 2.50 bits per heavy atom. The fourth-order valence-electron chi connectivity index (χ4n) is 5.03. The van der Waals surface area contributed by atoms with Crippen LogP contribution >= 0.6 is 11.8 Å². The minimum absolute atomic E-state index is 0.000828. The molecule has 1 saturated heterocycles. The number of aliphatic hydroxyl groups is 1. The number of methoxy groups -OCH3 is 1. The van der Waals surface area contributed by atoms with Crippen molar-refractivity contribution in [2.75, 3.05) is 19.5 Å². The number of benzene rings is 4. The third-order valence-electron chi connectivity index (χ3n) is 7.30. The Morgan fingerprint density at radius 1 is 0.955 bits per heavy atom. The van der Waals surface area contributed by atoms with E-state index in [1.165, 1.54) is 6.08 Å². The Hall–Kier alpha value is -4.08. The van der Waals surface area contributed by atoms with Gasteiger partial charge < -0.3 is 29.4 Å². The number of nitrogens with one attached hydrogen (secondary N) is 1. The number of rotatable bonds is 12. The number of hydrogen-bond donors (Lipinski definition) is 2. The number of amides is 1. The average Bonchev–Trinajstić information content (AvgIpc) is 3.09. The molecular weight excluding hydrogens is 574 g/mol. The topological polar surface area (TPSA) is 86.3 Å². The fraction of sp³-hybridized carbons (Fsp3) is 0.250. The highest BCUT2D eigenvalue weighted by atomic mass is 32.2. The van der Waals surface area contributed by atoms with Gasteiger partial charge in [-0.2, -0.15) is 0 Å². The van der Waals surface area contributed by atoms with Crippen LogP contribution in [0.1, 0.15) is 41.1 Å². The van der Waals surface area contributed by atoms with Gasteiger partial charge >= 0.3 is 6.09 Å². The summed E-state index contributed by atoms with van der Waals surface area (Å²) in [4.78, 5) is 12.9. The highest BCUT2D eigenvalue weighted by Gasteiger charge is 2.32.